The summed E-state index contributed by atoms with van der Waals surface area (Å²) in [6.07, 6.45) is -0.0200. The van der Waals surface area contributed by atoms with Gasteiger partial charge in [-0.1, -0.05) is 11.8 Å². The summed E-state index contributed by atoms with van der Waals surface area (Å²) >= 11 is 2.69. The predicted molar refractivity (Wildman–Crippen MR) is 93.2 cm³/mol. The fraction of sp³-hybridized carbons (Fsp3) is 0.500. The summed E-state index contributed by atoms with van der Waals surface area (Å²) in [7, 11) is 0. The van der Waals surface area contributed by atoms with Crippen molar-refractivity contribution in [2.45, 2.75) is 29.8 Å². The molecule has 0 bridgehead atoms. The molecule has 10 nitrogen and oxygen atoms in total. The fourth-order valence-electron chi connectivity index (χ4n) is 2.67. The number of amides is 1. The third-order valence-electron chi connectivity index (χ3n) is 3.87. The van der Waals surface area contributed by atoms with E-state index in [4.69, 9.17) is 10.5 Å². The average Bonchev–Trinajstić information content (AvgIpc) is 3.05. The van der Waals surface area contributed by atoms with Gasteiger partial charge in [0.25, 0.3) is 0 Å². The Kier molecular flexibility index (Phi) is 5.53. The molecule has 1 unspecified atom stereocenters. The van der Waals surface area contributed by atoms with Crippen molar-refractivity contribution in [1.82, 2.24) is 20.3 Å². The van der Waals surface area contributed by atoms with Gasteiger partial charge in [-0.2, -0.15) is 10.3 Å². The molecule has 26 heavy (non-hydrogen) atoms. The molecular weight excluding hydrogens is 382 g/mol. The lowest BCUT2D eigenvalue weighted by Crippen LogP contribution is -2.68. The summed E-state index contributed by atoms with van der Waals surface area (Å²) in [6, 6.07) is -0.657. The number of esters is 1. The van der Waals surface area contributed by atoms with E-state index in [1.54, 1.807) is 6.92 Å². The zero-order valence-corrected chi connectivity index (χ0v) is 15.4. The van der Waals surface area contributed by atoms with E-state index >= 15 is 0 Å². The highest BCUT2D eigenvalue weighted by Crippen LogP contribution is 2.40. The predicted octanol–water partition coefficient (Wildman–Crippen LogP) is -0.416. The van der Waals surface area contributed by atoms with E-state index < -0.39 is 18.0 Å². The van der Waals surface area contributed by atoms with Gasteiger partial charge in [-0.05, 0) is 12.5 Å². The number of nitrogens with zero attached hydrogens (tertiary/aromatic N) is 3. The molecule has 0 saturated carbocycles. The van der Waals surface area contributed by atoms with Gasteiger partial charge in [-0.15, -0.1) is 16.9 Å². The van der Waals surface area contributed by atoms with Crippen LogP contribution in [-0.2, 0) is 25.5 Å². The molecule has 1 aromatic rings. The summed E-state index contributed by atoms with van der Waals surface area (Å²) in [5.41, 5.74) is 6.76. The first-order valence-corrected chi connectivity index (χ1v) is 9.81. The van der Waals surface area contributed by atoms with Gasteiger partial charge in [-0.3, -0.25) is 14.5 Å². The summed E-state index contributed by atoms with van der Waals surface area (Å²) in [5, 5.41) is 20.1. The largest absolute Gasteiger partial charge is 0.477 e. The van der Waals surface area contributed by atoms with Crippen molar-refractivity contribution < 1.29 is 24.2 Å². The lowest BCUT2D eigenvalue weighted by molar-refractivity contribution is -0.147. The normalized spacial score (nSPS) is 22.1. The Morgan fingerprint density at radius 3 is 2.96 bits per heavy atom. The number of hydrogen-bond acceptors (Lipinski definition) is 9. The molecule has 0 radical (unpaired) electrons. The van der Waals surface area contributed by atoms with Crippen LogP contribution in [0.4, 0.5) is 0 Å². The molecule has 1 amide bonds. The number of carboxylic acid groups (broad SMARTS) is 1. The molecule has 1 fully saturated rings. The van der Waals surface area contributed by atoms with Gasteiger partial charge in [0, 0.05) is 11.5 Å². The molecule has 2 atom stereocenters. The van der Waals surface area contributed by atoms with E-state index in [1.165, 1.54) is 28.4 Å². The second-order valence-corrected chi connectivity index (χ2v) is 7.61. The molecule has 0 aromatic carbocycles. The zero-order chi connectivity index (χ0) is 18.8. The van der Waals surface area contributed by atoms with Crippen LogP contribution in [0.2, 0.25) is 0 Å². The van der Waals surface area contributed by atoms with Gasteiger partial charge in [0.2, 0.25) is 5.91 Å². The van der Waals surface area contributed by atoms with Gasteiger partial charge < -0.3 is 15.6 Å². The number of carbonyl (C=O) groups excluding carboxylic acids is 2. The summed E-state index contributed by atoms with van der Waals surface area (Å²) in [6.45, 7) is 1.99. The van der Waals surface area contributed by atoms with Crippen LogP contribution in [0.15, 0.2) is 16.3 Å². The number of carboxylic acids is 1. The fourth-order valence-corrected chi connectivity index (χ4v) is 5.03. The van der Waals surface area contributed by atoms with E-state index in [9.17, 15) is 19.5 Å². The number of aliphatic carboxylic acids is 1. The summed E-state index contributed by atoms with van der Waals surface area (Å²) < 4.78 is 4.89. The van der Waals surface area contributed by atoms with E-state index in [-0.39, 0.29) is 30.0 Å². The highest BCUT2D eigenvalue weighted by atomic mass is 32.2. The maximum absolute atomic E-state index is 11.9. The van der Waals surface area contributed by atoms with Crippen LogP contribution >= 0.6 is 23.5 Å². The molecular formula is C14H17N5O5S2. The van der Waals surface area contributed by atoms with Gasteiger partial charge in [-0.25, -0.2) is 4.79 Å². The van der Waals surface area contributed by atoms with Gasteiger partial charge in [0.15, 0.2) is 0 Å². The standard InChI is InChI=1S/C14H17N5O5S2/c1-2-24-8(20)3-7-11(17-18-16-7)25-4-6-5-26-13-9(15)12(21)19(13)10(6)14(22)23/h9,13H,2-5,15H2,1H3,(H,22,23)(H,16,17,18)/t9?,13-/m0/s1. The number of nitrogens with one attached hydrogen (secondary N) is 1. The number of H-pyrrole nitrogens is 1. The zero-order valence-electron chi connectivity index (χ0n) is 13.8. The van der Waals surface area contributed by atoms with Crippen LogP contribution in [0.25, 0.3) is 0 Å². The molecule has 1 saturated heterocycles. The molecule has 4 N–H and O–H groups in total. The molecule has 140 valence electrons. The molecule has 3 heterocycles. The lowest BCUT2D eigenvalue weighted by Gasteiger charge is -2.48. The van der Waals surface area contributed by atoms with Crippen LogP contribution in [0, 0.1) is 0 Å². The highest BCUT2D eigenvalue weighted by Gasteiger charge is 2.51. The monoisotopic (exact) mass is 399 g/mol. The van der Waals surface area contributed by atoms with Crippen molar-refractivity contribution in [1.29, 1.82) is 0 Å². The Morgan fingerprint density at radius 1 is 1.50 bits per heavy atom. The Morgan fingerprint density at radius 2 is 2.27 bits per heavy atom. The minimum absolute atomic E-state index is 0.0108. The summed E-state index contributed by atoms with van der Waals surface area (Å²) in [5.74, 6) is -1.18. The van der Waals surface area contributed by atoms with Gasteiger partial charge in [0.1, 0.15) is 27.8 Å². The maximum Gasteiger partial charge on any atom is 0.352 e. The first kappa shape index (κ1) is 18.7. The van der Waals surface area contributed by atoms with Crippen LogP contribution in [0.1, 0.15) is 12.6 Å². The topological polar surface area (TPSA) is 152 Å². The number of β-lactam (4-membered cyclic amide) rings is 1. The molecule has 2 aliphatic rings. The van der Waals surface area contributed by atoms with Crippen molar-refractivity contribution in [2.75, 3.05) is 18.1 Å². The second kappa shape index (κ2) is 7.68. The van der Waals surface area contributed by atoms with Crippen molar-refractivity contribution in [3.05, 3.63) is 17.0 Å². The van der Waals surface area contributed by atoms with Gasteiger partial charge in [0.05, 0.1) is 13.0 Å². The Hall–Kier alpha value is -2.05. The molecule has 12 heteroatoms. The molecule has 0 aliphatic carbocycles. The third kappa shape index (κ3) is 3.44. The average molecular weight is 399 g/mol. The second-order valence-electron chi connectivity index (χ2n) is 5.54. The Labute approximate surface area is 156 Å². The maximum atomic E-state index is 11.9. The number of hydrogen-bond donors (Lipinski definition) is 3. The van der Waals surface area contributed by atoms with Crippen LogP contribution in [0.3, 0.4) is 0 Å². The SMILES string of the molecule is CCOC(=O)Cc1n[nH]nc1SCC1=C(C(=O)O)N2C(=O)C(N)[C@@H]2SC1. The highest BCUT2D eigenvalue weighted by molar-refractivity contribution is 8.01. The Balaban J connectivity index is 1.73. The minimum atomic E-state index is -1.15. The Bertz CT molecular complexity index is 780. The first-order chi connectivity index (χ1) is 12.4. The quantitative estimate of drug-likeness (QED) is 0.313. The third-order valence-corrected chi connectivity index (χ3v) is 6.33. The van der Waals surface area contributed by atoms with Crippen molar-refractivity contribution >= 4 is 41.4 Å². The summed E-state index contributed by atoms with van der Waals surface area (Å²) in [4.78, 5) is 36.4. The van der Waals surface area contributed by atoms with Gasteiger partial charge >= 0.3 is 11.9 Å². The van der Waals surface area contributed by atoms with E-state index in [0.717, 1.165) is 0 Å². The molecule has 1 aromatic heterocycles. The number of carbonyl (C=O) groups is 3. The number of thioether (sulfide) groups is 2. The van der Waals surface area contributed by atoms with Crippen molar-refractivity contribution in [2.24, 2.45) is 5.73 Å². The number of aromatic nitrogens is 3. The van der Waals surface area contributed by atoms with E-state index in [1.807, 2.05) is 0 Å². The number of fused-ring (bicyclic) bond motifs is 1. The molecule has 0 spiro atoms. The smallest absolute Gasteiger partial charge is 0.352 e. The van der Waals surface area contributed by atoms with E-state index in [2.05, 4.69) is 15.4 Å². The first-order valence-electron chi connectivity index (χ1n) is 7.77. The lowest BCUT2D eigenvalue weighted by atomic mass is 10.0. The van der Waals surface area contributed by atoms with Crippen LogP contribution in [-0.4, -0.2) is 72.8 Å². The van der Waals surface area contributed by atoms with E-state index in [0.29, 0.717) is 27.8 Å². The number of nitrogens with two attached hydrogens (primary N) is 1. The van der Waals surface area contributed by atoms with Crippen LogP contribution < -0.4 is 5.73 Å². The van der Waals surface area contributed by atoms with Crippen LogP contribution in [0.5, 0.6) is 0 Å². The van der Waals surface area contributed by atoms with Crippen molar-refractivity contribution in [3.8, 4) is 0 Å². The minimum Gasteiger partial charge on any atom is -0.477 e. The molecule has 3 rings (SSSR count). The molecule has 2 aliphatic heterocycles. The number of ether oxygens (including phenoxy) is 1. The number of aromatic amines is 1. The number of rotatable bonds is 7. The van der Waals surface area contributed by atoms with Crippen molar-refractivity contribution in [3.63, 3.8) is 0 Å².